The lowest BCUT2D eigenvalue weighted by Gasteiger charge is -2.13. The first-order valence-electron chi connectivity index (χ1n) is 5.87. The van der Waals surface area contributed by atoms with E-state index in [1.54, 1.807) is 0 Å². The molecule has 2 atom stereocenters. The molecule has 0 saturated carbocycles. The van der Waals surface area contributed by atoms with Gasteiger partial charge in [0, 0.05) is 6.61 Å². The van der Waals surface area contributed by atoms with Gasteiger partial charge in [-0.3, -0.25) is 10.2 Å². The predicted molar refractivity (Wildman–Crippen MR) is 60.5 cm³/mol. The average Bonchev–Trinajstić information content (AvgIpc) is 2.71. The quantitative estimate of drug-likeness (QED) is 0.303. The molecule has 0 aliphatic carbocycles. The summed E-state index contributed by atoms with van der Waals surface area (Å²) < 4.78 is 11.0. The Labute approximate surface area is 96.6 Å². The molecule has 1 saturated heterocycles. The lowest BCUT2D eigenvalue weighted by atomic mass is 10.1. The van der Waals surface area contributed by atoms with Crippen LogP contribution in [0.5, 0.6) is 0 Å². The fourth-order valence-corrected chi connectivity index (χ4v) is 1.65. The smallest absolute Gasteiger partial charge is 0.263 e. The third kappa shape index (κ3) is 4.47. The maximum atomic E-state index is 11.2. The van der Waals surface area contributed by atoms with Gasteiger partial charge in [0.15, 0.2) is 0 Å². The molecule has 5 nitrogen and oxygen atoms in total. The van der Waals surface area contributed by atoms with E-state index in [9.17, 15) is 4.79 Å². The minimum atomic E-state index is -0.399. The molecule has 1 aliphatic rings. The van der Waals surface area contributed by atoms with Crippen molar-refractivity contribution in [2.45, 2.75) is 45.3 Å². The van der Waals surface area contributed by atoms with Crippen LogP contribution in [0.4, 0.5) is 0 Å². The van der Waals surface area contributed by atoms with Crippen molar-refractivity contribution in [2.24, 2.45) is 11.8 Å². The summed E-state index contributed by atoms with van der Waals surface area (Å²) in [7, 11) is 0. The monoisotopic (exact) mass is 230 g/mol. The number of carbonyl (C=O) groups excluding carboxylic acids is 1. The number of hydrogen-bond acceptors (Lipinski definition) is 4. The van der Waals surface area contributed by atoms with Gasteiger partial charge in [0.05, 0.1) is 12.7 Å². The molecule has 0 bridgehead atoms. The first kappa shape index (κ1) is 13.4. The van der Waals surface area contributed by atoms with Crippen molar-refractivity contribution in [3.05, 3.63) is 0 Å². The molecule has 1 heterocycles. The molecule has 16 heavy (non-hydrogen) atoms. The predicted octanol–water partition coefficient (Wildman–Crippen LogP) is 0.587. The SMILES string of the molecule is CC(C)CCOCC1CCC(C(=O)NN)O1. The highest BCUT2D eigenvalue weighted by molar-refractivity contribution is 5.80. The van der Waals surface area contributed by atoms with Crippen LogP contribution in [0.3, 0.4) is 0 Å². The first-order chi connectivity index (χ1) is 7.63. The Hall–Kier alpha value is -0.650. The minimum Gasteiger partial charge on any atom is -0.379 e. The minimum absolute atomic E-state index is 0.0365. The van der Waals surface area contributed by atoms with Crippen molar-refractivity contribution in [3.8, 4) is 0 Å². The molecule has 1 fully saturated rings. The van der Waals surface area contributed by atoms with Gasteiger partial charge in [-0.2, -0.15) is 0 Å². The van der Waals surface area contributed by atoms with Gasteiger partial charge in [-0.15, -0.1) is 0 Å². The Morgan fingerprint density at radius 2 is 2.31 bits per heavy atom. The summed E-state index contributed by atoms with van der Waals surface area (Å²) in [5.41, 5.74) is 2.10. The molecule has 2 unspecified atom stereocenters. The molecular weight excluding hydrogens is 208 g/mol. The van der Waals surface area contributed by atoms with Crippen molar-refractivity contribution >= 4 is 5.91 Å². The summed E-state index contributed by atoms with van der Waals surface area (Å²) >= 11 is 0. The zero-order valence-electron chi connectivity index (χ0n) is 10.1. The zero-order chi connectivity index (χ0) is 12.0. The van der Waals surface area contributed by atoms with Crippen LogP contribution in [0.1, 0.15) is 33.1 Å². The summed E-state index contributed by atoms with van der Waals surface area (Å²) in [5.74, 6) is 5.45. The Morgan fingerprint density at radius 1 is 1.56 bits per heavy atom. The lowest BCUT2D eigenvalue weighted by Crippen LogP contribution is -2.39. The average molecular weight is 230 g/mol. The van der Waals surface area contributed by atoms with Crippen LogP contribution in [0, 0.1) is 5.92 Å². The summed E-state index contributed by atoms with van der Waals surface area (Å²) in [4.78, 5) is 11.2. The Bertz CT molecular complexity index is 221. The van der Waals surface area contributed by atoms with Gasteiger partial charge in [0.25, 0.3) is 5.91 Å². The van der Waals surface area contributed by atoms with E-state index in [0.717, 1.165) is 25.9 Å². The number of hydrogen-bond donors (Lipinski definition) is 2. The lowest BCUT2D eigenvalue weighted by molar-refractivity contribution is -0.133. The van der Waals surface area contributed by atoms with Crippen LogP contribution in [-0.4, -0.2) is 31.3 Å². The molecule has 0 radical (unpaired) electrons. The van der Waals surface area contributed by atoms with E-state index >= 15 is 0 Å². The molecule has 0 aromatic heterocycles. The highest BCUT2D eigenvalue weighted by atomic mass is 16.5. The van der Waals surface area contributed by atoms with Gasteiger partial charge >= 0.3 is 0 Å². The molecule has 0 aromatic carbocycles. The van der Waals surface area contributed by atoms with Gasteiger partial charge in [-0.25, -0.2) is 5.84 Å². The van der Waals surface area contributed by atoms with Crippen molar-refractivity contribution in [1.82, 2.24) is 5.43 Å². The second kappa shape index (κ2) is 6.83. The maximum absolute atomic E-state index is 11.2. The van der Waals surface area contributed by atoms with Crippen LogP contribution in [0.15, 0.2) is 0 Å². The summed E-state index contributed by atoms with van der Waals surface area (Å²) in [6.45, 7) is 5.65. The van der Waals surface area contributed by atoms with E-state index < -0.39 is 6.10 Å². The number of rotatable bonds is 6. The van der Waals surface area contributed by atoms with Gasteiger partial charge < -0.3 is 9.47 Å². The molecule has 0 aromatic rings. The molecule has 94 valence electrons. The number of ether oxygens (including phenoxy) is 2. The topological polar surface area (TPSA) is 73.6 Å². The van der Waals surface area contributed by atoms with Crippen LogP contribution in [0.2, 0.25) is 0 Å². The molecule has 1 aliphatic heterocycles. The van der Waals surface area contributed by atoms with Crippen molar-refractivity contribution in [3.63, 3.8) is 0 Å². The van der Waals surface area contributed by atoms with E-state index in [2.05, 4.69) is 19.3 Å². The van der Waals surface area contributed by atoms with E-state index in [1.165, 1.54) is 0 Å². The second-order valence-electron chi connectivity index (χ2n) is 4.59. The second-order valence-corrected chi connectivity index (χ2v) is 4.59. The van der Waals surface area contributed by atoms with Gasteiger partial charge in [0.1, 0.15) is 6.10 Å². The Morgan fingerprint density at radius 3 is 2.94 bits per heavy atom. The standard InChI is InChI=1S/C11H22N2O3/c1-8(2)5-6-15-7-9-3-4-10(16-9)11(14)13-12/h8-10H,3-7,12H2,1-2H3,(H,13,14). The molecule has 1 rings (SSSR count). The Balaban J connectivity index is 2.10. The maximum Gasteiger partial charge on any atom is 0.263 e. The number of nitrogens with two attached hydrogens (primary N) is 1. The first-order valence-corrected chi connectivity index (χ1v) is 5.87. The Kier molecular flexibility index (Phi) is 5.73. The van der Waals surface area contributed by atoms with Gasteiger partial charge in [-0.1, -0.05) is 13.8 Å². The number of amides is 1. The third-order valence-corrected chi connectivity index (χ3v) is 2.69. The van der Waals surface area contributed by atoms with E-state index in [-0.39, 0.29) is 12.0 Å². The van der Waals surface area contributed by atoms with Crippen LogP contribution in [-0.2, 0) is 14.3 Å². The summed E-state index contributed by atoms with van der Waals surface area (Å²) in [5, 5.41) is 0. The number of nitrogens with one attached hydrogen (secondary N) is 1. The number of carbonyl (C=O) groups is 1. The normalized spacial score (nSPS) is 25.0. The molecule has 0 spiro atoms. The molecular formula is C11H22N2O3. The van der Waals surface area contributed by atoms with E-state index in [0.29, 0.717) is 12.5 Å². The molecule has 5 heteroatoms. The van der Waals surface area contributed by atoms with E-state index in [4.69, 9.17) is 15.3 Å². The molecule has 3 N–H and O–H groups in total. The van der Waals surface area contributed by atoms with Crippen molar-refractivity contribution in [2.75, 3.05) is 13.2 Å². The largest absolute Gasteiger partial charge is 0.379 e. The third-order valence-electron chi connectivity index (χ3n) is 2.69. The summed E-state index contributed by atoms with van der Waals surface area (Å²) in [6, 6.07) is 0. The molecule has 1 amide bonds. The highest BCUT2D eigenvalue weighted by Gasteiger charge is 2.30. The van der Waals surface area contributed by atoms with E-state index in [1.807, 2.05) is 0 Å². The van der Waals surface area contributed by atoms with Crippen LogP contribution in [0.25, 0.3) is 0 Å². The number of hydrazine groups is 1. The highest BCUT2D eigenvalue weighted by Crippen LogP contribution is 2.20. The zero-order valence-corrected chi connectivity index (χ0v) is 10.1. The van der Waals surface area contributed by atoms with Gasteiger partial charge in [0.2, 0.25) is 0 Å². The van der Waals surface area contributed by atoms with Crippen LogP contribution >= 0.6 is 0 Å². The fourth-order valence-electron chi connectivity index (χ4n) is 1.65. The van der Waals surface area contributed by atoms with Gasteiger partial charge in [-0.05, 0) is 25.2 Å². The van der Waals surface area contributed by atoms with Crippen molar-refractivity contribution < 1.29 is 14.3 Å². The van der Waals surface area contributed by atoms with Crippen LogP contribution < -0.4 is 11.3 Å². The fraction of sp³-hybridized carbons (Fsp3) is 0.909. The summed E-state index contributed by atoms with van der Waals surface area (Å²) in [6.07, 6.45) is 2.28. The van der Waals surface area contributed by atoms with Crippen molar-refractivity contribution in [1.29, 1.82) is 0 Å².